The summed E-state index contributed by atoms with van der Waals surface area (Å²) in [5, 5.41) is 14.4. The Morgan fingerprint density at radius 2 is 1.97 bits per heavy atom. The van der Waals surface area contributed by atoms with Gasteiger partial charge in [0.1, 0.15) is 0 Å². The molecule has 1 saturated heterocycles. The second-order valence-electron chi connectivity index (χ2n) is 6.64. The number of piperidine rings is 1. The van der Waals surface area contributed by atoms with Crippen LogP contribution in [0.5, 0.6) is 0 Å². The number of guanidine groups is 1. The second kappa shape index (κ2) is 8.53. The zero-order valence-corrected chi connectivity index (χ0v) is 16.5. The molecule has 160 valence electrons. The Balaban J connectivity index is 1.47. The minimum atomic E-state index is -5.25. The molecule has 0 atom stereocenters. The fourth-order valence-electron chi connectivity index (χ4n) is 3.14. The number of aromatic nitrogens is 3. The number of aliphatic imine (C=N–C) groups is 1. The molecule has 1 aliphatic heterocycles. The van der Waals surface area contributed by atoms with Crippen LogP contribution in [0, 0.1) is 5.92 Å². The Morgan fingerprint density at radius 3 is 2.62 bits per heavy atom. The van der Waals surface area contributed by atoms with Crippen LogP contribution in [-0.4, -0.2) is 65.5 Å². The summed E-state index contributed by atoms with van der Waals surface area (Å²) in [6, 6.07) is 5.58. The van der Waals surface area contributed by atoms with E-state index in [1.54, 1.807) is 7.05 Å². The third kappa shape index (κ3) is 4.78. The van der Waals surface area contributed by atoms with E-state index in [0.29, 0.717) is 42.0 Å². The zero-order chi connectivity index (χ0) is 21.1. The van der Waals surface area contributed by atoms with Crippen molar-refractivity contribution >= 4 is 21.6 Å². The van der Waals surface area contributed by atoms with Gasteiger partial charge in [0.25, 0.3) is 0 Å². The van der Waals surface area contributed by atoms with Crippen molar-refractivity contribution in [1.82, 2.24) is 29.5 Å². The van der Waals surface area contributed by atoms with Crippen LogP contribution in [0.4, 0.5) is 13.2 Å². The molecular formula is C16H22F3N7O2S. The first kappa shape index (κ1) is 21.3. The summed E-state index contributed by atoms with van der Waals surface area (Å²) in [5.41, 5.74) is -4.52. The van der Waals surface area contributed by atoms with E-state index in [9.17, 15) is 21.6 Å². The number of halogens is 3. The molecule has 2 N–H and O–H groups in total. The Bertz CT molecular complexity index is 966. The Hall–Kier alpha value is -2.41. The van der Waals surface area contributed by atoms with Crippen LogP contribution in [-0.2, 0) is 16.6 Å². The molecule has 9 nitrogen and oxygen atoms in total. The Kier molecular flexibility index (Phi) is 6.27. The molecule has 1 fully saturated rings. The number of nitrogens with one attached hydrogen (secondary N) is 2. The monoisotopic (exact) mass is 433 g/mol. The molecule has 0 radical (unpaired) electrons. The van der Waals surface area contributed by atoms with Gasteiger partial charge < -0.3 is 10.6 Å². The van der Waals surface area contributed by atoms with E-state index < -0.39 is 15.5 Å². The van der Waals surface area contributed by atoms with Crippen molar-refractivity contribution in [3.05, 3.63) is 30.2 Å². The van der Waals surface area contributed by atoms with Crippen molar-refractivity contribution in [3.63, 3.8) is 0 Å². The summed E-state index contributed by atoms with van der Waals surface area (Å²) in [5.74, 6) is 1.26. The van der Waals surface area contributed by atoms with Crippen molar-refractivity contribution in [2.45, 2.75) is 24.9 Å². The number of hydrogen-bond acceptors (Lipinski definition) is 5. The lowest BCUT2D eigenvalue weighted by Gasteiger charge is -2.31. The number of alkyl halides is 3. The standard InChI is InChI=1S/C16H22F3N7O2S/c1-20-15(22-11-14-24-23-13-4-2-3-7-26(13)14)21-10-12-5-8-25(9-6-12)29(27,28)16(17,18)19/h2-4,7,12H,5-6,8-11H2,1H3,(H2,20,21,22). The number of hydrogen-bond donors (Lipinski definition) is 2. The maximum Gasteiger partial charge on any atom is 0.511 e. The summed E-state index contributed by atoms with van der Waals surface area (Å²) in [6.45, 7) is 0.561. The smallest absolute Gasteiger partial charge is 0.356 e. The average molecular weight is 433 g/mol. The minimum Gasteiger partial charge on any atom is -0.356 e. The van der Waals surface area contributed by atoms with Gasteiger partial charge in [-0.3, -0.25) is 9.39 Å². The van der Waals surface area contributed by atoms with E-state index in [1.165, 1.54) is 0 Å². The van der Waals surface area contributed by atoms with Gasteiger partial charge in [-0.2, -0.15) is 17.5 Å². The predicted octanol–water partition coefficient (Wildman–Crippen LogP) is 0.956. The summed E-state index contributed by atoms with van der Waals surface area (Å²) in [7, 11) is -3.64. The fourth-order valence-corrected chi connectivity index (χ4v) is 4.12. The minimum absolute atomic E-state index is 0.0437. The first-order valence-electron chi connectivity index (χ1n) is 9.02. The van der Waals surface area contributed by atoms with E-state index in [4.69, 9.17) is 0 Å². The molecular weight excluding hydrogens is 411 g/mol. The lowest BCUT2D eigenvalue weighted by Crippen LogP contribution is -2.47. The third-order valence-corrected chi connectivity index (χ3v) is 6.42. The molecule has 2 aromatic rings. The first-order valence-corrected chi connectivity index (χ1v) is 10.5. The van der Waals surface area contributed by atoms with Crippen LogP contribution in [0.1, 0.15) is 18.7 Å². The number of sulfonamides is 1. The SMILES string of the molecule is CN=C(NCc1nnc2ccccn12)NCC1CCN(S(=O)(=O)C(F)(F)F)CC1. The fraction of sp³-hybridized carbons (Fsp3) is 0.562. The largest absolute Gasteiger partial charge is 0.511 e. The van der Waals surface area contributed by atoms with Gasteiger partial charge in [-0.1, -0.05) is 6.07 Å². The van der Waals surface area contributed by atoms with Crippen LogP contribution in [0.2, 0.25) is 0 Å². The van der Waals surface area contributed by atoms with Crippen molar-refractivity contribution in [2.24, 2.45) is 10.9 Å². The van der Waals surface area contributed by atoms with Crippen LogP contribution in [0.25, 0.3) is 5.65 Å². The highest BCUT2D eigenvalue weighted by Gasteiger charge is 2.50. The molecule has 0 unspecified atom stereocenters. The lowest BCUT2D eigenvalue weighted by molar-refractivity contribution is -0.0496. The van der Waals surface area contributed by atoms with Crippen LogP contribution >= 0.6 is 0 Å². The van der Waals surface area contributed by atoms with Crippen LogP contribution < -0.4 is 10.6 Å². The van der Waals surface area contributed by atoms with Gasteiger partial charge in [-0.15, -0.1) is 10.2 Å². The zero-order valence-electron chi connectivity index (χ0n) is 15.7. The summed E-state index contributed by atoms with van der Waals surface area (Å²) >= 11 is 0. The number of nitrogens with zero attached hydrogens (tertiary/aromatic N) is 5. The van der Waals surface area contributed by atoms with Gasteiger partial charge in [0.15, 0.2) is 17.4 Å². The molecule has 0 bridgehead atoms. The lowest BCUT2D eigenvalue weighted by atomic mass is 9.98. The summed E-state index contributed by atoms with van der Waals surface area (Å²) < 4.78 is 63.2. The van der Waals surface area contributed by atoms with Crippen molar-refractivity contribution < 1.29 is 21.6 Å². The van der Waals surface area contributed by atoms with E-state index >= 15 is 0 Å². The molecule has 13 heteroatoms. The van der Waals surface area contributed by atoms with Crippen LogP contribution in [0.15, 0.2) is 29.4 Å². The topological polar surface area (TPSA) is 104 Å². The highest BCUT2D eigenvalue weighted by molar-refractivity contribution is 7.90. The molecule has 0 aliphatic carbocycles. The Morgan fingerprint density at radius 1 is 1.24 bits per heavy atom. The average Bonchev–Trinajstić information content (AvgIpc) is 3.11. The number of fused-ring (bicyclic) bond motifs is 1. The summed E-state index contributed by atoms with van der Waals surface area (Å²) in [4.78, 5) is 4.12. The third-order valence-electron chi connectivity index (χ3n) is 4.79. The van der Waals surface area contributed by atoms with Gasteiger partial charge in [0.05, 0.1) is 6.54 Å². The highest BCUT2D eigenvalue weighted by Crippen LogP contribution is 2.30. The van der Waals surface area contributed by atoms with E-state index in [-0.39, 0.29) is 19.0 Å². The molecule has 0 saturated carbocycles. The van der Waals surface area contributed by atoms with E-state index in [2.05, 4.69) is 25.8 Å². The van der Waals surface area contributed by atoms with Crippen molar-refractivity contribution in [1.29, 1.82) is 0 Å². The molecule has 3 heterocycles. The number of rotatable bonds is 5. The molecule has 0 spiro atoms. The maximum atomic E-state index is 12.6. The predicted molar refractivity (Wildman–Crippen MR) is 100 cm³/mol. The van der Waals surface area contributed by atoms with Gasteiger partial charge in [-0.25, -0.2) is 8.42 Å². The first-order chi connectivity index (χ1) is 13.7. The molecule has 29 heavy (non-hydrogen) atoms. The Labute approximate surface area is 166 Å². The van der Waals surface area contributed by atoms with Gasteiger partial charge in [0, 0.05) is 32.9 Å². The van der Waals surface area contributed by atoms with Crippen LogP contribution in [0.3, 0.4) is 0 Å². The molecule has 0 amide bonds. The quantitative estimate of drug-likeness (QED) is 0.538. The summed E-state index contributed by atoms with van der Waals surface area (Å²) in [6.07, 6.45) is 2.54. The molecule has 0 aromatic carbocycles. The molecule has 3 rings (SSSR count). The van der Waals surface area contributed by atoms with Gasteiger partial charge >= 0.3 is 15.5 Å². The highest BCUT2D eigenvalue weighted by atomic mass is 32.2. The molecule has 1 aliphatic rings. The maximum absolute atomic E-state index is 12.6. The second-order valence-corrected chi connectivity index (χ2v) is 8.57. The van der Waals surface area contributed by atoms with Crippen molar-refractivity contribution in [3.8, 4) is 0 Å². The van der Waals surface area contributed by atoms with E-state index in [0.717, 1.165) is 5.65 Å². The normalized spacial score (nSPS) is 17.6. The van der Waals surface area contributed by atoms with E-state index in [1.807, 2.05) is 28.8 Å². The van der Waals surface area contributed by atoms with Gasteiger partial charge in [0.2, 0.25) is 0 Å². The molecule has 2 aromatic heterocycles. The van der Waals surface area contributed by atoms with Crippen molar-refractivity contribution in [2.75, 3.05) is 26.7 Å². The van der Waals surface area contributed by atoms with Gasteiger partial charge in [-0.05, 0) is 30.9 Å². The number of pyridine rings is 1.